The molecular weight excluding hydrogens is 380 g/mol. The van der Waals surface area contributed by atoms with E-state index in [0.717, 1.165) is 19.6 Å². The van der Waals surface area contributed by atoms with Crippen LogP contribution in [-0.2, 0) is 11.3 Å². The summed E-state index contributed by atoms with van der Waals surface area (Å²) >= 11 is 0. The Kier molecular flexibility index (Phi) is 7.19. The molecule has 2 N–H and O–H groups in total. The van der Waals surface area contributed by atoms with E-state index >= 15 is 0 Å². The van der Waals surface area contributed by atoms with E-state index in [0.29, 0.717) is 24.3 Å². The molecule has 30 heavy (non-hydrogen) atoms. The predicted molar refractivity (Wildman–Crippen MR) is 116 cm³/mol. The summed E-state index contributed by atoms with van der Waals surface area (Å²) in [6.45, 7) is 6.81. The van der Waals surface area contributed by atoms with E-state index in [9.17, 15) is 14.4 Å². The molecule has 0 bridgehead atoms. The van der Waals surface area contributed by atoms with Crippen molar-refractivity contribution in [3.63, 3.8) is 0 Å². The first-order valence-corrected chi connectivity index (χ1v) is 10.2. The van der Waals surface area contributed by atoms with Crippen molar-refractivity contribution >= 4 is 23.4 Å². The molecule has 1 aliphatic rings. The van der Waals surface area contributed by atoms with Gasteiger partial charge in [-0.05, 0) is 31.5 Å². The topological polar surface area (TPSA) is 81.8 Å². The number of ketones is 1. The van der Waals surface area contributed by atoms with Crippen LogP contribution in [-0.4, -0.2) is 59.7 Å². The smallest absolute Gasteiger partial charge is 0.318 e. The standard InChI is InChI=1S/C23H28N4O3/c1-17(22(29)25-21-10-6-9-20(15-21)18(2)28)24-23(30)27-13-11-26(12-14-27)16-19-7-4-3-5-8-19/h3-10,15,17H,11-14,16H2,1-2H3,(H,24,30)(H,25,29). The Labute approximate surface area is 177 Å². The summed E-state index contributed by atoms with van der Waals surface area (Å²) in [6, 6.07) is 16.1. The quantitative estimate of drug-likeness (QED) is 0.720. The van der Waals surface area contributed by atoms with Gasteiger partial charge >= 0.3 is 6.03 Å². The van der Waals surface area contributed by atoms with E-state index in [1.165, 1.54) is 12.5 Å². The number of Topliss-reactive ketones (excluding diaryl/α,β-unsaturated/α-hetero) is 1. The molecule has 2 aromatic rings. The zero-order valence-electron chi connectivity index (χ0n) is 17.4. The number of hydrogen-bond acceptors (Lipinski definition) is 4. The fourth-order valence-electron chi connectivity index (χ4n) is 3.36. The number of piperazine rings is 1. The van der Waals surface area contributed by atoms with Gasteiger partial charge in [-0.25, -0.2) is 4.79 Å². The number of anilines is 1. The second-order valence-corrected chi connectivity index (χ2v) is 7.55. The number of rotatable bonds is 6. The van der Waals surface area contributed by atoms with Gasteiger partial charge in [0.15, 0.2) is 5.78 Å². The van der Waals surface area contributed by atoms with Gasteiger partial charge in [0, 0.05) is 44.0 Å². The molecule has 0 radical (unpaired) electrons. The Morgan fingerprint density at radius 3 is 2.33 bits per heavy atom. The first-order chi connectivity index (χ1) is 14.4. The monoisotopic (exact) mass is 408 g/mol. The maximum Gasteiger partial charge on any atom is 0.318 e. The molecule has 1 atom stereocenters. The van der Waals surface area contributed by atoms with Gasteiger partial charge in [-0.1, -0.05) is 42.5 Å². The molecule has 1 saturated heterocycles. The number of nitrogens with one attached hydrogen (secondary N) is 2. The zero-order valence-corrected chi connectivity index (χ0v) is 17.4. The van der Waals surface area contributed by atoms with E-state index in [1.807, 2.05) is 18.2 Å². The van der Waals surface area contributed by atoms with Crippen molar-refractivity contribution in [1.82, 2.24) is 15.1 Å². The molecule has 158 valence electrons. The maximum atomic E-state index is 12.5. The molecule has 0 spiro atoms. The summed E-state index contributed by atoms with van der Waals surface area (Å²) in [7, 11) is 0. The zero-order chi connectivity index (χ0) is 21.5. The molecule has 0 aliphatic carbocycles. The molecule has 0 aromatic heterocycles. The normalized spacial score (nSPS) is 15.3. The predicted octanol–water partition coefficient (Wildman–Crippen LogP) is 2.74. The SMILES string of the molecule is CC(=O)c1cccc(NC(=O)C(C)NC(=O)N2CCN(Cc3ccccc3)CC2)c1. The lowest BCUT2D eigenvalue weighted by atomic mass is 10.1. The van der Waals surface area contributed by atoms with Gasteiger partial charge in [0.2, 0.25) is 5.91 Å². The fraction of sp³-hybridized carbons (Fsp3) is 0.348. The largest absolute Gasteiger partial charge is 0.326 e. The number of carbonyl (C=O) groups excluding carboxylic acids is 3. The number of nitrogens with zero attached hydrogens (tertiary/aromatic N) is 2. The van der Waals surface area contributed by atoms with Crippen LogP contribution in [0.2, 0.25) is 0 Å². The van der Waals surface area contributed by atoms with Crippen molar-refractivity contribution in [2.75, 3.05) is 31.5 Å². The van der Waals surface area contributed by atoms with Crippen LogP contribution in [0.3, 0.4) is 0 Å². The number of amides is 3. The van der Waals surface area contributed by atoms with Gasteiger partial charge in [-0.2, -0.15) is 0 Å². The highest BCUT2D eigenvalue weighted by molar-refractivity contribution is 5.99. The first kappa shape index (κ1) is 21.5. The van der Waals surface area contributed by atoms with Crippen LogP contribution in [0.4, 0.5) is 10.5 Å². The van der Waals surface area contributed by atoms with Gasteiger partial charge in [-0.3, -0.25) is 14.5 Å². The third-order valence-electron chi connectivity index (χ3n) is 5.18. The lowest BCUT2D eigenvalue weighted by molar-refractivity contribution is -0.117. The lowest BCUT2D eigenvalue weighted by Gasteiger charge is -2.35. The highest BCUT2D eigenvalue weighted by Gasteiger charge is 2.24. The Hall–Kier alpha value is -3.19. The molecule has 0 saturated carbocycles. The molecule has 1 heterocycles. The third-order valence-corrected chi connectivity index (χ3v) is 5.18. The van der Waals surface area contributed by atoms with Gasteiger partial charge in [-0.15, -0.1) is 0 Å². The van der Waals surface area contributed by atoms with Crippen LogP contribution < -0.4 is 10.6 Å². The Balaban J connectivity index is 1.45. The summed E-state index contributed by atoms with van der Waals surface area (Å²) in [5, 5.41) is 5.51. The summed E-state index contributed by atoms with van der Waals surface area (Å²) in [6.07, 6.45) is 0. The Morgan fingerprint density at radius 2 is 1.67 bits per heavy atom. The van der Waals surface area contributed by atoms with Crippen molar-refractivity contribution in [2.45, 2.75) is 26.4 Å². The maximum absolute atomic E-state index is 12.5. The molecular formula is C23H28N4O3. The minimum Gasteiger partial charge on any atom is -0.326 e. The molecule has 3 amide bonds. The molecule has 7 nitrogen and oxygen atoms in total. The number of benzene rings is 2. The average Bonchev–Trinajstić information content (AvgIpc) is 2.75. The number of carbonyl (C=O) groups is 3. The number of urea groups is 1. The van der Waals surface area contributed by atoms with Crippen LogP contribution in [0, 0.1) is 0 Å². The van der Waals surface area contributed by atoms with Gasteiger partial charge in [0.05, 0.1) is 0 Å². The summed E-state index contributed by atoms with van der Waals surface area (Å²) in [5.74, 6) is -0.398. The number of hydrogen-bond donors (Lipinski definition) is 2. The van der Waals surface area contributed by atoms with E-state index in [2.05, 4.69) is 27.7 Å². The molecule has 7 heteroatoms. The molecule has 1 fully saturated rings. The van der Waals surface area contributed by atoms with E-state index in [-0.39, 0.29) is 17.7 Å². The summed E-state index contributed by atoms with van der Waals surface area (Å²) in [4.78, 5) is 40.5. The van der Waals surface area contributed by atoms with Gasteiger partial charge in [0.1, 0.15) is 6.04 Å². The second-order valence-electron chi connectivity index (χ2n) is 7.55. The van der Waals surface area contributed by atoms with Gasteiger partial charge in [0.25, 0.3) is 0 Å². The third kappa shape index (κ3) is 5.90. The average molecular weight is 409 g/mol. The van der Waals surface area contributed by atoms with Crippen molar-refractivity contribution in [3.8, 4) is 0 Å². The van der Waals surface area contributed by atoms with Crippen LogP contribution in [0.15, 0.2) is 54.6 Å². The van der Waals surface area contributed by atoms with Crippen molar-refractivity contribution < 1.29 is 14.4 Å². The van der Waals surface area contributed by atoms with Crippen LogP contribution >= 0.6 is 0 Å². The summed E-state index contributed by atoms with van der Waals surface area (Å²) < 4.78 is 0. The van der Waals surface area contributed by atoms with Crippen LogP contribution in [0.25, 0.3) is 0 Å². The van der Waals surface area contributed by atoms with Crippen LogP contribution in [0.5, 0.6) is 0 Å². The highest BCUT2D eigenvalue weighted by atomic mass is 16.2. The molecule has 3 rings (SSSR count). The lowest BCUT2D eigenvalue weighted by Crippen LogP contribution is -2.54. The molecule has 2 aromatic carbocycles. The molecule has 1 unspecified atom stereocenters. The van der Waals surface area contributed by atoms with Crippen molar-refractivity contribution in [2.24, 2.45) is 0 Å². The second kappa shape index (κ2) is 10.0. The van der Waals surface area contributed by atoms with Crippen LogP contribution in [0.1, 0.15) is 29.8 Å². The minimum absolute atomic E-state index is 0.0705. The Bertz CT molecular complexity index is 892. The van der Waals surface area contributed by atoms with E-state index in [4.69, 9.17) is 0 Å². The van der Waals surface area contributed by atoms with E-state index in [1.54, 1.807) is 36.1 Å². The van der Waals surface area contributed by atoms with Crippen molar-refractivity contribution in [1.29, 1.82) is 0 Å². The summed E-state index contributed by atoms with van der Waals surface area (Å²) in [5.41, 5.74) is 2.32. The molecule has 1 aliphatic heterocycles. The fourth-order valence-corrected chi connectivity index (χ4v) is 3.36. The highest BCUT2D eigenvalue weighted by Crippen LogP contribution is 2.12. The first-order valence-electron chi connectivity index (χ1n) is 10.2. The Morgan fingerprint density at radius 1 is 0.967 bits per heavy atom. The minimum atomic E-state index is -0.694. The van der Waals surface area contributed by atoms with E-state index < -0.39 is 6.04 Å². The van der Waals surface area contributed by atoms with Crippen molar-refractivity contribution in [3.05, 3.63) is 65.7 Å². The van der Waals surface area contributed by atoms with Gasteiger partial charge < -0.3 is 15.5 Å².